The molecule has 9 heteroatoms. The molecule has 3 aliphatic heterocycles. The van der Waals surface area contributed by atoms with E-state index in [1.165, 1.54) is 11.1 Å². The van der Waals surface area contributed by atoms with Crippen molar-refractivity contribution in [3.8, 4) is 5.75 Å². The molecule has 8 rings (SSSR count). The number of hydrogen-bond acceptors (Lipinski definition) is 5. The predicted octanol–water partition coefficient (Wildman–Crippen LogP) is 6.99. The van der Waals surface area contributed by atoms with Gasteiger partial charge >= 0.3 is 6.09 Å². The number of carboxylic acid groups (broad SMARTS) is 1. The molecule has 8 nitrogen and oxygen atoms in total. The van der Waals surface area contributed by atoms with E-state index in [9.17, 15) is 14.7 Å². The third-order valence-corrected chi connectivity index (χ3v) is 18.6. The molecular formula is C39H53N3O5Si. The normalized spacial score (nSPS) is 34.9. The first-order valence-corrected chi connectivity index (χ1v) is 21.1. The van der Waals surface area contributed by atoms with E-state index in [2.05, 4.69) is 61.9 Å². The Balaban J connectivity index is 1.20. The Morgan fingerprint density at radius 1 is 1.08 bits per heavy atom. The second-order valence-corrected chi connectivity index (χ2v) is 22.5. The van der Waals surface area contributed by atoms with Crippen molar-refractivity contribution in [2.45, 2.75) is 114 Å². The summed E-state index contributed by atoms with van der Waals surface area (Å²) < 4.78 is 13.0. The van der Waals surface area contributed by atoms with Crippen molar-refractivity contribution in [1.82, 2.24) is 14.7 Å². The van der Waals surface area contributed by atoms with Crippen molar-refractivity contribution >= 4 is 20.3 Å². The lowest BCUT2D eigenvalue weighted by molar-refractivity contribution is -0.105. The number of likely N-dealkylation sites (tertiary alicyclic amines) is 2. The average molecular weight is 672 g/mol. The Hall–Kier alpha value is -2.88. The fraction of sp³-hybridized carbons (Fsp3) is 0.641. The van der Waals surface area contributed by atoms with Crippen LogP contribution in [0.15, 0.2) is 48.5 Å². The number of ether oxygens (including phenoxy) is 1. The first kappa shape index (κ1) is 32.3. The van der Waals surface area contributed by atoms with Crippen molar-refractivity contribution < 1.29 is 23.9 Å². The van der Waals surface area contributed by atoms with Crippen LogP contribution in [0.25, 0.3) is 0 Å². The molecule has 2 aromatic rings. The standard InChI is InChI=1S/C39H53N3O5Si/c1-36(2,3)48(6,7)47-29-14-13-26-19-32-38-16-15-31-33(27(21-38)22-41(31)34(43)25-11-9-8-10-12-25)39(38,30(26)20-29)17-18-40(32)23-28-24-46-37(4,5)42(28)35(44)45/h8-14,20,27-28,31-33H,15-19,21-24H2,1-7H3,(H,44,45)/t27-,28-,31-,32-,33-,38-,39+/m1/s1. The highest BCUT2D eigenvalue weighted by molar-refractivity contribution is 6.74. The van der Waals surface area contributed by atoms with Crippen LogP contribution in [0.5, 0.6) is 5.75 Å². The van der Waals surface area contributed by atoms with Crippen molar-refractivity contribution in [3.05, 3.63) is 65.2 Å². The van der Waals surface area contributed by atoms with Crippen LogP contribution in [-0.2, 0) is 16.6 Å². The molecule has 0 radical (unpaired) electrons. The van der Waals surface area contributed by atoms with Gasteiger partial charge in [0.15, 0.2) is 0 Å². The minimum Gasteiger partial charge on any atom is -0.543 e. The molecule has 1 N–H and O–H groups in total. The van der Waals surface area contributed by atoms with Gasteiger partial charge in [0.25, 0.3) is 5.91 Å². The zero-order chi connectivity index (χ0) is 34.0. The van der Waals surface area contributed by atoms with Gasteiger partial charge in [-0.3, -0.25) is 14.6 Å². The number of benzene rings is 2. The molecule has 3 saturated heterocycles. The van der Waals surface area contributed by atoms with Gasteiger partial charge in [0.2, 0.25) is 8.32 Å². The third-order valence-electron chi connectivity index (χ3n) is 14.3. The maximum atomic E-state index is 14.1. The summed E-state index contributed by atoms with van der Waals surface area (Å²) in [5, 5.41) is 10.3. The maximum Gasteiger partial charge on any atom is 0.409 e. The van der Waals surface area contributed by atoms with Crippen LogP contribution in [0.1, 0.15) is 81.8 Å². The van der Waals surface area contributed by atoms with Gasteiger partial charge in [-0.15, -0.1) is 0 Å². The van der Waals surface area contributed by atoms with Gasteiger partial charge in [-0.05, 0) is 123 Å². The van der Waals surface area contributed by atoms with Gasteiger partial charge < -0.3 is 19.2 Å². The summed E-state index contributed by atoms with van der Waals surface area (Å²) in [5.74, 6) is 2.04. The van der Waals surface area contributed by atoms with Gasteiger partial charge in [-0.2, -0.15) is 0 Å². The lowest BCUT2D eigenvalue weighted by Crippen LogP contribution is -2.70. The largest absolute Gasteiger partial charge is 0.543 e. The van der Waals surface area contributed by atoms with Crippen molar-refractivity contribution in [2.24, 2.45) is 17.3 Å². The number of fused-ring (bicyclic) bond motifs is 1. The molecule has 2 aromatic carbocycles. The van der Waals surface area contributed by atoms with Crippen molar-refractivity contribution in [1.29, 1.82) is 0 Å². The molecule has 48 heavy (non-hydrogen) atoms. The topological polar surface area (TPSA) is 82.6 Å². The quantitative estimate of drug-likeness (QED) is 0.345. The lowest BCUT2D eigenvalue weighted by atomic mass is 9.43. The van der Waals surface area contributed by atoms with Crippen LogP contribution in [0.2, 0.25) is 18.1 Å². The highest BCUT2D eigenvalue weighted by Crippen LogP contribution is 2.75. The predicted molar refractivity (Wildman–Crippen MR) is 188 cm³/mol. The Kier molecular flexibility index (Phi) is 7.11. The minimum absolute atomic E-state index is 0.0359. The smallest absolute Gasteiger partial charge is 0.409 e. The molecule has 2 saturated carbocycles. The number of rotatable bonds is 5. The molecule has 258 valence electrons. The van der Waals surface area contributed by atoms with Crippen LogP contribution < -0.4 is 4.43 Å². The third kappa shape index (κ3) is 4.38. The molecule has 5 fully saturated rings. The summed E-state index contributed by atoms with van der Waals surface area (Å²) in [6.45, 7) is 18.1. The molecule has 0 aromatic heterocycles. The van der Waals surface area contributed by atoms with Gasteiger partial charge in [-0.25, -0.2) is 4.79 Å². The van der Waals surface area contributed by atoms with Gasteiger partial charge in [0.1, 0.15) is 11.5 Å². The summed E-state index contributed by atoms with van der Waals surface area (Å²) >= 11 is 0. The zero-order valence-corrected chi connectivity index (χ0v) is 30.8. The molecule has 7 atom stereocenters. The summed E-state index contributed by atoms with van der Waals surface area (Å²) in [4.78, 5) is 33.0. The summed E-state index contributed by atoms with van der Waals surface area (Å²) in [6.07, 6.45) is 4.33. The molecule has 3 aliphatic carbocycles. The Morgan fingerprint density at radius 2 is 1.83 bits per heavy atom. The Morgan fingerprint density at radius 3 is 2.54 bits per heavy atom. The number of amides is 2. The van der Waals surface area contributed by atoms with Crippen LogP contribution in [-0.4, -0.2) is 90.2 Å². The van der Waals surface area contributed by atoms with E-state index < -0.39 is 20.1 Å². The Bertz CT molecular complexity index is 1640. The first-order chi connectivity index (χ1) is 22.6. The molecule has 6 aliphatic rings. The van der Waals surface area contributed by atoms with Crippen LogP contribution in [0.4, 0.5) is 4.79 Å². The maximum absolute atomic E-state index is 14.1. The van der Waals surface area contributed by atoms with Gasteiger partial charge in [-0.1, -0.05) is 45.0 Å². The number of carbonyl (C=O) groups excluding carboxylic acids is 1. The van der Waals surface area contributed by atoms with E-state index in [4.69, 9.17) is 9.16 Å². The number of hydrogen-bond donors (Lipinski definition) is 1. The van der Waals surface area contributed by atoms with E-state index in [0.29, 0.717) is 31.0 Å². The summed E-state index contributed by atoms with van der Waals surface area (Å²) in [5.41, 5.74) is 2.91. The fourth-order valence-corrected chi connectivity index (χ4v) is 12.5. The van der Waals surface area contributed by atoms with Gasteiger partial charge in [0.05, 0.1) is 12.6 Å². The van der Waals surface area contributed by atoms with Crippen LogP contribution in [0, 0.1) is 17.3 Å². The highest BCUT2D eigenvalue weighted by atomic mass is 28.4. The molecule has 3 heterocycles. The molecule has 4 bridgehead atoms. The molecule has 0 spiro atoms. The monoisotopic (exact) mass is 671 g/mol. The van der Waals surface area contributed by atoms with Crippen molar-refractivity contribution in [2.75, 3.05) is 26.2 Å². The molecule has 2 amide bonds. The number of piperidine rings is 1. The zero-order valence-electron chi connectivity index (χ0n) is 29.8. The molecule has 0 unspecified atom stereocenters. The van der Waals surface area contributed by atoms with Crippen molar-refractivity contribution in [3.63, 3.8) is 0 Å². The lowest BCUT2D eigenvalue weighted by Gasteiger charge is -2.66. The highest BCUT2D eigenvalue weighted by Gasteiger charge is 2.76. The van der Waals surface area contributed by atoms with E-state index in [0.717, 1.165) is 56.5 Å². The number of nitrogens with zero attached hydrogens (tertiary/aromatic N) is 3. The van der Waals surface area contributed by atoms with E-state index >= 15 is 0 Å². The summed E-state index contributed by atoms with van der Waals surface area (Å²) in [7, 11) is -2.05. The van der Waals surface area contributed by atoms with Crippen LogP contribution in [0.3, 0.4) is 0 Å². The van der Waals surface area contributed by atoms with E-state index in [-0.39, 0.29) is 33.9 Å². The number of carbonyl (C=O) groups is 2. The fourth-order valence-electron chi connectivity index (χ4n) is 11.5. The SMILES string of the molecule is CC1(C)OC[C@@H](CN2CC[C@@]34c5cc(O[Si](C)(C)C(C)(C)C)ccc5C[C@@H]2[C@]32CC[C@@H]3[C@H]4[C@@H](CN3C(=O)c3ccccc3)C2)N1C(=O)O. The van der Waals surface area contributed by atoms with E-state index in [1.807, 2.05) is 44.2 Å². The first-order valence-electron chi connectivity index (χ1n) is 18.2. The van der Waals surface area contributed by atoms with E-state index in [1.54, 1.807) is 4.90 Å². The summed E-state index contributed by atoms with van der Waals surface area (Å²) in [6, 6.07) is 17.2. The second-order valence-electron chi connectivity index (χ2n) is 17.8. The average Bonchev–Trinajstić information content (AvgIpc) is 3.59. The molecular weight excluding hydrogens is 619 g/mol. The van der Waals surface area contributed by atoms with Crippen LogP contribution >= 0.6 is 0 Å². The Labute approximate surface area is 286 Å². The second kappa shape index (κ2) is 10.6. The minimum atomic E-state index is -2.05. The van der Waals surface area contributed by atoms with Gasteiger partial charge in [0, 0.05) is 36.2 Å².